The molecule has 1 amide bonds. The van der Waals surface area contributed by atoms with Crippen molar-refractivity contribution in [3.8, 4) is 5.75 Å². The maximum absolute atomic E-state index is 11.9. The van der Waals surface area contributed by atoms with E-state index >= 15 is 0 Å². The van der Waals surface area contributed by atoms with Crippen LogP contribution in [0.3, 0.4) is 0 Å². The van der Waals surface area contributed by atoms with Crippen LogP contribution < -0.4 is 4.74 Å². The molecule has 2 rings (SSSR count). The van der Waals surface area contributed by atoms with Crippen molar-refractivity contribution in [2.45, 2.75) is 18.9 Å². The minimum absolute atomic E-state index is 0.00736. The number of hydrogen-bond donors (Lipinski definition) is 0. The largest absolute Gasteiger partial charge is 0.490 e. The van der Waals surface area contributed by atoms with E-state index in [1.165, 1.54) is 0 Å². The van der Waals surface area contributed by atoms with E-state index in [2.05, 4.69) is 22.6 Å². The summed E-state index contributed by atoms with van der Waals surface area (Å²) in [6, 6.07) is 5.69. The number of hydrogen-bond acceptors (Lipinski definition) is 2. The SMILES string of the molecule is CN(C)C(=O)c1ccc(I)cc1OC1CC1. The van der Waals surface area contributed by atoms with Crippen LogP contribution in [-0.2, 0) is 0 Å². The van der Waals surface area contributed by atoms with E-state index in [1.807, 2.05) is 18.2 Å². The predicted octanol–water partition coefficient (Wildman–Crippen LogP) is 2.53. The fraction of sp³-hybridized carbons (Fsp3) is 0.417. The van der Waals surface area contributed by atoms with E-state index in [0.717, 1.165) is 16.4 Å². The third-order valence-electron chi connectivity index (χ3n) is 2.40. The second-order valence-electron chi connectivity index (χ2n) is 4.16. The summed E-state index contributed by atoms with van der Waals surface area (Å²) in [5.41, 5.74) is 0.650. The number of halogens is 1. The highest BCUT2D eigenvalue weighted by atomic mass is 127. The predicted molar refractivity (Wildman–Crippen MR) is 70.8 cm³/mol. The van der Waals surface area contributed by atoms with Crippen LogP contribution in [0, 0.1) is 3.57 Å². The first kappa shape index (κ1) is 11.7. The van der Waals surface area contributed by atoms with Crippen LogP contribution in [0.25, 0.3) is 0 Å². The lowest BCUT2D eigenvalue weighted by Crippen LogP contribution is -2.22. The number of nitrogens with zero attached hydrogens (tertiary/aromatic N) is 1. The summed E-state index contributed by atoms with van der Waals surface area (Å²) in [6.45, 7) is 0. The zero-order chi connectivity index (χ0) is 11.7. The van der Waals surface area contributed by atoms with Gasteiger partial charge in [-0.1, -0.05) is 0 Å². The van der Waals surface area contributed by atoms with Gasteiger partial charge in [-0.2, -0.15) is 0 Å². The minimum Gasteiger partial charge on any atom is -0.490 e. The quantitative estimate of drug-likeness (QED) is 0.797. The highest BCUT2D eigenvalue weighted by Gasteiger charge is 2.26. The maximum atomic E-state index is 11.9. The molecule has 0 heterocycles. The molecule has 0 bridgehead atoms. The van der Waals surface area contributed by atoms with Crippen molar-refractivity contribution in [2.75, 3.05) is 14.1 Å². The van der Waals surface area contributed by atoms with E-state index in [-0.39, 0.29) is 5.91 Å². The summed E-state index contributed by atoms with van der Waals surface area (Å²) < 4.78 is 6.84. The van der Waals surface area contributed by atoms with E-state index < -0.39 is 0 Å². The van der Waals surface area contributed by atoms with Gasteiger partial charge in [0.1, 0.15) is 5.75 Å². The molecule has 0 aromatic heterocycles. The second-order valence-corrected chi connectivity index (χ2v) is 5.40. The Morgan fingerprint density at radius 3 is 2.69 bits per heavy atom. The summed E-state index contributed by atoms with van der Waals surface area (Å²) in [6.07, 6.45) is 2.51. The van der Waals surface area contributed by atoms with Crippen LogP contribution in [0.4, 0.5) is 0 Å². The number of amides is 1. The topological polar surface area (TPSA) is 29.5 Å². The lowest BCUT2D eigenvalue weighted by Gasteiger charge is -2.14. The Labute approximate surface area is 109 Å². The van der Waals surface area contributed by atoms with Gasteiger partial charge < -0.3 is 9.64 Å². The first-order valence-electron chi connectivity index (χ1n) is 5.26. The van der Waals surface area contributed by atoms with Crippen LogP contribution in [0.15, 0.2) is 18.2 Å². The molecule has 1 fully saturated rings. The number of benzene rings is 1. The Morgan fingerprint density at radius 2 is 2.12 bits per heavy atom. The molecule has 0 N–H and O–H groups in total. The molecule has 1 aromatic rings. The number of rotatable bonds is 3. The number of ether oxygens (including phenoxy) is 1. The Bertz CT molecular complexity index is 413. The molecule has 0 atom stereocenters. The van der Waals surface area contributed by atoms with Crippen molar-refractivity contribution in [1.82, 2.24) is 4.90 Å². The molecule has 1 aliphatic rings. The summed E-state index contributed by atoms with van der Waals surface area (Å²) in [7, 11) is 3.50. The molecule has 1 saturated carbocycles. The average Bonchev–Trinajstić information content (AvgIpc) is 3.01. The lowest BCUT2D eigenvalue weighted by molar-refractivity contribution is 0.0823. The van der Waals surface area contributed by atoms with Gasteiger partial charge in [-0.05, 0) is 53.6 Å². The number of carbonyl (C=O) groups excluding carboxylic acids is 1. The third-order valence-corrected chi connectivity index (χ3v) is 3.07. The van der Waals surface area contributed by atoms with Crippen molar-refractivity contribution >= 4 is 28.5 Å². The molecule has 16 heavy (non-hydrogen) atoms. The van der Waals surface area contributed by atoms with Gasteiger partial charge in [0.15, 0.2) is 0 Å². The Hall–Kier alpha value is -0.780. The fourth-order valence-corrected chi connectivity index (χ4v) is 1.84. The average molecular weight is 331 g/mol. The van der Waals surface area contributed by atoms with Crippen LogP contribution in [-0.4, -0.2) is 31.0 Å². The molecule has 0 radical (unpaired) electrons. The first-order valence-corrected chi connectivity index (χ1v) is 6.33. The molecule has 0 spiro atoms. The highest BCUT2D eigenvalue weighted by molar-refractivity contribution is 14.1. The molecule has 3 nitrogen and oxygen atoms in total. The number of carbonyl (C=O) groups is 1. The smallest absolute Gasteiger partial charge is 0.257 e. The molecule has 0 unspecified atom stereocenters. The second kappa shape index (κ2) is 4.61. The minimum atomic E-state index is -0.00736. The molecular formula is C12H14INO2. The zero-order valence-electron chi connectivity index (χ0n) is 9.37. The van der Waals surface area contributed by atoms with E-state index in [1.54, 1.807) is 19.0 Å². The van der Waals surface area contributed by atoms with E-state index in [0.29, 0.717) is 17.4 Å². The van der Waals surface area contributed by atoms with Gasteiger partial charge in [0.2, 0.25) is 0 Å². The van der Waals surface area contributed by atoms with E-state index in [9.17, 15) is 4.79 Å². The summed E-state index contributed by atoms with van der Waals surface area (Å²) >= 11 is 2.23. The molecule has 0 saturated heterocycles. The van der Waals surface area contributed by atoms with Gasteiger partial charge in [-0.15, -0.1) is 0 Å². The summed E-state index contributed by atoms with van der Waals surface area (Å²) in [5.74, 6) is 0.708. The zero-order valence-corrected chi connectivity index (χ0v) is 11.5. The van der Waals surface area contributed by atoms with Crippen LogP contribution >= 0.6 is 22.6 Å². The summed E-state index contributed by atoms with van der Waals surface area (Å²) in [4.78, 5) is 13.5. The van der Waals surface area contributed by atoms with Gasteiger partial charge in [-0.3, -0.25) is 4.79 Å². The first-order chi connectivity index (χ1) is 7.58. The molecular weight excluding hydrogens is 317 g/mol. The standard InChI is InChI=1S/C12H14INO2/c1-14(2)12(15)10-6-3-8(13)7-11(10)16-9-4-5-9/h3,6-7,9H,4-5H2,1-2H3. The molecule has 4 heteroatoms. The van der Waals surface area contributed by atoms with Crippen molar-refractivity contribution in [2.24, 2.45) is 0 Å². The molecule has 1 aliphatic carbocycles. The molecule has 0 aliphatic heterocycles. The lowest BCUT2D eigenvalue weighted by atomic mass is 10.2. The Morgan fingerprint density at radius 1 is 1.44 bits per heavy atom. The molecule has 86 valence electrons. The van der Waals surface area contributed by atoms with Crippen molar-refractivity contribution in [3.63, 3.8) is 0 Å². The van der Waals surface area contributed by atoms with E-state index in [4.69, 9.17) is 4.74 Å². The molecule has 1 aromatic carbocycles. The fourth-order valence-electron chi connectivity index (χ4n) is 1.38. The van der Waals surface area contributed by atoms with Crippen LogP contribution in [0.1, 0.15) is 23.2 Å². The van der Waals surface area contributed by atoms with Crippen molar-refractivity contribution in [3.05, 3.63) is 27.3 Å². The Kier molecular flexibility index (Phi) is 3.37. The highest BCUT2D eigenvalue weighted by Crippen LogP contribution is 2.30. The maximum Gasteiger partial charge on any atom is 0.257 e. The van der Waals surface area contributed by atoms with Gasteiger partial charge >= 0.3 is 0 Å². The van der Waals surface area contributed by atoms with Gasteiger partial charge in [0.05, 0.1) is 11.7 Å². The van der Waals surface area contributed by atoms with Gasteiger partial charge in [0, 0.05) is 17.7 Å². The van der Waals surface area contributed by atoms with Crippen LogP contribution in [0.5, 0.6) is 5.75 Å². The Balaban J connectivity index is 2.30. The van der Waals surface area contributed by atoms with Crippen molar-refractivity contribution < 1.29 is 9.53 Å². The third kappa shape index (κ3) is 2.66. The van der Waals surface area contributed by atoms with Gasteiger partial charge in [-0.25, -0.2) is 0 Å². The monoisotopic (exact) mass is 331 g/mol. The normalized spacial score (nSPS) is 14.7. The van der Waals surface area contributed by atoms with Crippen LogP contribution in [0.2, 0.25) is 0 Å². The van der Waals surface area contributed by atoms with Crippen molar-refractivity contribution in [1.29, 1.82) is 0 Å². The summed E-state index contributed by atoms with van der Waals surface area (Å²) in [5, 5.41) is 0. The van der Waals surface area contributed by atoms with Gasteiger partial charge in [0.25, 0.3) is 5.91 Å².